The van der Waals surface area contributed by atoms with Crippen molar-refractivity contribution >= 4 is 23.7 Å². The number of amides is 3. The number of nitrogens with one attached hydrogen (secondary N) is 2. The van der Waals surface area contributed by atoms with Gasteiger partial charge in [-0.15, -0.1) is 10.2 Å². The number of carbonyl (C=O) groups excluding carboxylic acids is 2. The van der Waals surface area contributed by atoms with Crippen LogP contribution in [0.1, 0.15) is 0 Å². The molecule has 0 aliphatic rings. The van der Waals surface area contributed by atoms with Crippen LogP contribution in [0.3, 0.4) is 0 Å². The highest BCUT2D eigenvalue weighted by Crippen LogP contribution is 2.21. The van der Waals surface area contributed by atoms with Gasteiger partial charge in [-0.2, -0.15) is 0 Å². The number of imide groups is 1. The minimum atomic E-state index is -0.558. The van der Waals surface area contributed by atoms with Crippen molar-refractivity contribution < 1.29 is 14.0 Å². The van der Waals surface area contributed by atoms with E-state index in [2.05, 4.69) is 25.8 Å². The number of nitrogens with zero attached hydrogens (tertiary/aromatic N) is 3. The Labute approximate surface area is 118 Å². The predicted molar refractivity (Wildman–Crippen MR) is 70.9 cm³/mol. The highest BCUT2D eigenvalue weighted by atomic mass is 32.2. The third-order valence-electron chi connectivity index (χ3n) is 2.12. The fourth-order valence-corrected chi connectivity index (χ4v) is 1.79. The van der Waals surface area contributed by atoms with Gasteiger partial charge in [-0.1, -0.05) is 11.8 Å². The molecule has 2 rings (SSSR count). The molecule has 0 aromatic carbocycles. The topological polar surface area (TPSA) is 110 Å². The molecule has 2 aromatic heterocycles. The zero-order valence-electron chi connectivity index (χ0n) is 10.5. The molecule has 0 unspecified atom stereocenters. The predicted octanol–water partition coefficient (Wildman–Crippen LogP) is 0.679. The average Bonchev–Trinajstić information content (AvgIpc) is 2.95. The first kappa shape index (κ1) is 14.0. The van der Waals surface area contributed by atoms with E-state index in [1.807, 2.05) is 0 Å². The van der Waals surface area contributed by atoms with E-state index >= 15 is 0 Å². The summed E-state index contributed by atoms with van der Waals surface area (Å²) in [6, 6.07) is 2.98. The molecule has 0 aliphatic carbocycles. The largest absolute Gasteiger partial charge is 0.411 e. The van der Waals surface area contributed by atoms with Gasteiger partial charge in [-0.25, -0.2) is 4.79 Å². The Morgan fingerprint density at radius 1 is 1.40 bits per heavy atom. The summed E-state index contributed by atoms with van der Waals surface area (Å²) in [4.78, 5) is 26.2. The molecule has 0 saturated heterocycles. The van der Waals surface area contributed by atoms with Crippen LogP contribution in [-0.2, 0) is 4.79 Å². The van der Waals surface area contributed by atoms with Gasteiger partial charge >= 0.3 is 6.03 Å². The number of aromatic nitrogens is 3. The molecule has 2 N–H and O–H groups in total. The molecule has 9 heteroatoms. The van der Waals surface area contributed by atoms with E-state index in [0.717, 1.165) is 11.8 Å². The smallest absolute Gasteiger partial charge is 0.321 e. The third kappa shape index (κ3) is 3.79. The Kier molecular flexibility index (Phi) is 4.66. The third-order valence-corrected chi connectivity index (χ3v) is 2.94. The highest BCUT2D eigenvalue weighted by molar-refractivity contribution is 7.99. The second kappa shape index (κ2) is 6.66. The van der Waals surface area contributed by atoms with Crippen LogP contribution in [0.2, 0.25) is 0 Å². The summed E-state index contributed by atoms with van der Waals surface area (Å²) >= 11 is 1.04. The molecular weight excluding hydrogens is 282 g/mol. The second-order valence-corrected chi connectivity index (χ2v) is 4.46. The molecule has 0 aliphatic heterocycles. The van der Waals surface area contributed by atoms with Crippen molar-refractivity contribution in [1.29, 1.82) is 0 Å². The Hall–Kier alpha value is -2.42. The van der Waals surface area contributed by atoms with E-state index in [1.54, 1.807) is 24.5 Å². The Balaban J connectivity index is 1.91. The van der Waals surface area contributed by atoms with Crippen LogP contribution in [0.5, 0.6) is 0 Å². The van der Waals surface area contributed by atoms with Crippen molar-refractivity contribution in [3.05, 3.63) is 24.5 Å². The van der Waals surface area contributed by atoms with Gasteiger partial charge in [0.05, 0.1) is 11.3 Å². The standard InChI is InChI=1S/C11H11N5O3S/c1-12-10(18)14-8(17)6-20-11-16-15-9(19-11)7-3-2-4-13-5-7/h2-5H,6H2,1H3,(H2,12,14,17,18). The molecule has 8 nitrogen and oxygen atoms in total. The maximum Gasteiger partial charge on any atom is 0.321 e. The molecule has 104 valence electrons. The summed E-state index contributed by atoms with van der Waals surface area (Å²) in [6.07, 6.45) is 3.24. The maximum absolute atomic E-state index is 11.4. The molecule has 20 heavy (non-hydrogen) atoms. The Morgan fingerprint density at radius 2 is 2.25 bits per heavy atom. The summed E-state index contributed by atoms with van der Waals surface area (Å²) < 4.78 is 5.37. The van der Waals surface area contributed by atoms with Gasteiger partial charge in [0.2, 0.25) is 11.8 Å². The van der Waals surface area contributed by atoms with Crippen LogP contribution in [0.25, 0.3) is 11.5 Å². The molecule has 0 radical (unpaired) electrons. The number of hydrogen-bond donors (Lipinski definition) is 2. The molecular formula is C11H11N5O3S. The zero-order chi connectivity index (χ0) is 14.4. The van der Waals surface area contributed by atoms with Crippen molar-refractivity contribution in [1.82, 2.24) is 25.8 Å². The first-order valence-electron chi connectivity index (χ1n) is 5.57. The first-order chi connectivity index (χ1) is 9.69. The highest BCUT2D eigenvalue weighted by Gasteiger charge is 2.12. The lowest BCUT2D eigenvalue weighted by molar-refractivity contribution is -0.117. The van der Waals surface area contributed by atoms with E-state index in [-0.39, 0.29) is 11.0 Å². The van der Waals surface area contributed by atoms with Gasteiger partial charge in [0.1, 0.15) is 0 Å². The van der Waals surface area contributed by atoms with Crippen molar-refractivity contribution in [2.75, 3.05) is 12.8 Å². The van der Waals surface area contributed by atoms with Crippen LogP contribution in [0.15, 0.2) is 34.2 Å². The molecule has 0 fully saturated rings. The summed E-state index contributed by atoms with van der Waals surface area (Å²) in [5.74, 6) is -0.120. The number of rotatable bonds is 4. The van der Waals surface area contributed by atoms with Crippen LogP contribution in [0, 0.1) is 0 Å². The lowest BCUT2D eigenvalue weighted by Gasteiger charge is -2.00. The lowest BCUT2D eigenvalue weighted by atomic mass is 10.3. The van der Waals surface area contributed by atoms with Crippen molar-refractivity contribution in [3.8, 4) is 11.5 Å². The fraction of sp³-hybridized carbons (Fsp3) is 0.182. The number of hydrogen-bond acceptors (Lipinski definition) is 7. The first-order valence-corrected chi connectivity index (χ1v) is 6.56. The van der Waals surface area contributed by atoms with Gasteiger partial charge in [-0.05, 0) is 12.1 Å². The van der Waals surface area contributed by atoms with Gasteiger partial charge < -0.3 is 9.73 Å². The molecule has 2 aromatic rings. The average molecular weight is 293 g/mol. The van der Waals surface area contributed by atoms with E-state index in [9.17, 15) is 9.59 Å². The molecule has 3 amide bonds. The SMILES string of the molecule is CNC(=O)NC(=O)CSc1nnc(-c2cccnc2)o1. The van der Waals surface area contributed by atoms with Crippen LogP contribution >= 0.6 is 11.8 Å². The number of thioether (sulfide) groups is 1. The molecule has 2 heterocycles. The number of pyridine rings is 1. The number of urea groups is 1. The van der Waals surface area contributed by atoms with E-state index < -0.39 is 11.9 Å². The maximum atomic E-state index is 11.4. The zero-order valence-corrected chi connectivity index (χ0v) is 11.3. The van der Waals surface area contributed by atoms with Crippen LogP contribution < -0.4 is 10.6 Å². The van der Waals surface area contributed by atoms with E-state index in [1.165, 1.54) is 7.05 Å². The lowest BCUT2D eigenvalue weighted by Crippen LogP contribution is -2.38. The van der Waals surface area contributed by atoms with Crippen LogP contribution in [0.4, 0.5) is 4.79 Å². The molecule has 0 spiro atoms. The van der Waals surface area contributed by atoms with Crippen molar-refractivity contribution in [2.24, 2.45) is 0 Å². The van der Waals surface area contributed by atoms with Crippen molar-refractivity contribution in [3.63, 3.8) is 0 Å². The normalized spacial score (nSPS) is 10.1. The molecule has 0 atom stereocenters. The van der Waals surface area contributed by atoms with Gasteiger partial charge in [0.25, 0.3) is 5.22 Å². The minimum absolute atomic E-state index is 0.00208. The summed E-state index contributed by atoms with van der Waals surface area (Å²) in [5, 5.41) is 12.3. The number of carbonyl (C=O) groups is 2. The fourth-order valence-electron chi connectivity index (χ4n) is 1.23. The summed E-state index contributed by atoms with van der Waals surface area (Å²) in [6.45, 7) is 0. The van der Waals surface area contributed by atoms with Gasteiger partial charge in [0.15, 0.2) is 0 Å². The van der Waals surface area contributed by atoms with Gasteiger partial charge in [-0.3, -0.25) is 15.1 Å². The summed E-state index contributed by atoms with van der Waals surface area (Å²) in [5.41, 5.74) is 0.696. The van der Waals surface area contributed by atoms with E-state index in [0.29, 0.717) is 11.5 Å². The van der Waals surface area contributed by atoms with Crippen LogP contribution in [-0.4, -0.2) is 39.9 Å². The quantitative estimate of drug-likeness (QED) is 0.797. The Bertz CT molecular complexity index is 601. The molecule has 0 saturated carbocycles. The van der Waals surface area contributed by atoms with Crippen molar-refractivity contribution in [2.45, 2.75) is 5.22 Å². The second-order valence-electron chi connectivity index (χ2n) is 3.53. The minimum Gasteiger partial charge on any atom is -0.411 e. The molecule has 0 bridgehead atoms. The summed E-state index contributed by atoms with van der Waals surface area (Å²) in [7, 11) is 1.42. The monoisotopic (exact) mass is 293 g/mol. The van der Waals surface area contributed by atoms with E-state index in [4.69, 9.17) is 4.42 Å². The van der Waals surface area contributed by atoms with Gasteiger partial charge in [0, 0.05) is 19.4 Å². The Morgan fingerprint density at radius 3 is 2.95 bits per heavy atom.